The zero-order valence-electron chi connectivity index (χ0n) is 10.2. The number of hydrogen-bond acceptors (Lipinski definition) is 6. The molecule has 1 aliphatic heterocycles. The summed E-state index contributed by atoms with van der Waals surface area (Å²) in [7, 11) is 0. The molecule has 18 heavy (non-hydrogen) atoms. The van der Waals surface area contributed by atoms with Crippen LogP contribution in [-0.2, 0) is 16.1 Å². The van der Waals surface area contributed by atoms with Crippen LogP contribution in [0.25, 0.3) is 0 Å². The first-order valence-electron chi connectivity index (χ1n) is 6.05. The van der Waals surface area contributed by atoms with Crippen LogP contribution in [-0.4, -0.2) is 41.2 Å². The summed E-state index contributed by atoms with van der Waals surface area (Å²) in [6, 6.07) is 0. The average molecular weight is 251 g/mol. The van der Waals surface area contributed by atoms with Gasteiger partial charge in [0.1, 0.15) is 12.4 Å². The van der Waals surface area contributed by atoms with Crippen LogP contribution >= 0.6 is 0 Å². The SMILES string of the molecule is O=COCc1cnc(N2CCC(CO)CC2)cn1. The number of ether oxygens (including phenoxy) is 1. The lowest BCUT2D eigenvalue weighted by atomic mass is 9.98. The number of carbonyl (C=O) groups is 1. The molecule has 1 saturated heterocycles. The highest BCUT2D eigenvalue weighted by atomic mass is 16.5. The number of anilines is 1. The molecule has 1 aliphatic rings. The van der Waals surface area contributed by atoms with Gasteiger partial charge in [0, 0.05) is 19.7 Å². The summed E-state index contributed by atoms with van der Waals surface area (Å²) in [5, 5.41) is 9.08. The number of hydrogen-bond donors (Lipinski definition) is 1. The van der Waals surface area contributed by atoms with Crippen molar-refractivity contribution < 1.29 is 14.6 Å². The first kappa shape index (κ1) is 12.8. The summed E-state index contributed by atoms with van der Waals surface area (Å²) >= 11 is 0. The Kier molecular flexibility index (Phi) is 4.46. The maximum Gasteiger partial charge on any atom is 0.293 e. The molecule has 0 bridgehead atoms. The Balaban J connectivity index is 1.91. The highest BCUT2D eigenvalue weighted by Gasteiger charge is 2.19. The Bertz CT molecular complexity index is 375. The third kappa shape index (κ3) is 3.16. The Hall–Kier alpha value is -1.69. The number of aliphatic hydroxyl groups is 1. The lowest BCUT2D eigenvalue weighted by Crippen LogP contribution is -2.35. The van der Waals surface area contributed by atoms with Crippen molar-refractivity contribution in [2.75, 3.05) is 24.6 Å². The predicted molar refractivity (Wildman–Crippen MR) is 64.9 cm³/mol. The summed E-state index contributed by atoms with van der Waals surface area (Å²) in [6.45, 7) is 2.61. The monoisotopic (exact) mass is 251 g/mol. The smallest absolute Gasteiger partial charge is 0.293 e. The first-order chi connectivity index (χ1) is 8.83. The zero-order chi connectivity index (χ0) is 12.8. The van der Waals surface area contributed by atoms with Gasteiger partial charge in [0.15, 0.2) is 0 Å². The van der Waals surface area contributed by atoms with Gasteiger partial charge in [0.25, 0.3) is 6.47 Å². The molecular weight excluding hydrogens is 234 g/mol. The number of aromatic nitrogens is 2. The molecular formula is C12H17N3O3. The van der Waals surface area contributed by atoms with Crippen molar-refractivity contribution in [3.05, 3.63) is 18.1 Å². The molecule has 0 saturated carbocycles. The van der Waals surface area contributed by atoms with Crippen LogP contribution in [0.1, 0.15) is 18.5 Å². The van der Waals surface area contributed by atoms with E-state index in [2.05, 4.69) is 19.6 Å². The fourth-order valence-electron chi connectivity index (χ4n) is 2.05. The van der Waals surface area contributed by atoms with E-state index < -0.39 is 0 Å². The second-order valence-corrected chi connectivity index (χ2v) is 4.39. The van der Waals surface area contributed by atoms with E-state index in [4.69, 9.17) is 5.11 Å². The van der Waals surface area contributed by atoms with Gasteiger partial charge in [-0.1, -0.05) is 0 Å². The number of carbonyl (C=O) groups excluding carboxylic acids is 1. The molecule has 6 nitrogen and oxygen atoms in total. The number of piperidine rings is 1. The van der Waals surface area contributed by atoms with Gasteiger partial charge in [-0.3, -0.25) is 9.78 Å². The molecule has 2 rings (SSSR count). The van der Waals surface area contributed by atoms with Crippen molar-refractivity contribution >= 4 is 12.3 Å². The Morgan fingerprint density at radius 2 is 2.17 bits per heavy atom. The molecule has 1 aromatic heterocycles. The molecule has 0 amide bonds. The number of nitrogens with zero attached hydrogens (tertiary/aromatic N) is 3. The zero-order valence-corrected chi connectivity index (χ0v) is 10.2. The number of aliphatic hydroxyl groups excluding tert-OH is 1. The van der Waals surface area contributed by atoms with Crippen LogP contribution < -0.4 is 4.90 Å². The summed E-state index contributed by atoms with van der Waals surface area (Å²) in [5.74, 6) is 1.25. The van der Waals surface area contributed by atoms with E-state index in [1.807, 2.05) is 0 Å². The van der Waals surface area contributed by atoms with Gasteiger partial charge in [0.05, 0.1) is 18.1 Å². The van der Waals surface area contributed by atoms with Gasteiger partial charge in [-0.25, -0.2) is 4.98 Å². The molecule has 0 spiro atoms. The summed E-state index contributed by atoms with van der Waals surface area (Å²) in [4.78, 5) is 20.7. The molecule has 0 radical (unpaired) electrons. The van der Waals surface area contributed by atoms with Crippen LogP contribution in [0.5, 0.6) is 0 Å². The quantitative estimate of drug-likeness (QED) is 0.761. The summed E-state index contributed by atoms with van der Waals surface area (Å²) in [6.07, 6.45) is 5.28. The average Bonchev–Trinajstić information content (AvgIpc) is 2.46. The molecule has 0 aliphatic carbocycles. The van der Waals surface area contributed by atoms with Crippen molar-refractivity contribution in [1.82, 2.24) is 9.97 Å². The van der Waals surface area contributed by atoms with Gasteiger partial charge >= 0.3 is 0 Å². The van der Waals surface area contributed by atoms with E-state index in [9.17, 15) is 4.79 Å². The Morgan fingerprint density at radius 1 is 1.39 bits per heavy atom. The van der Waals surface area contributed by atoms with Crippen LogP contribution in [0.15, 0.2) is 12.4 Å². The highest BCUT2D eigenvalue weighted by molar-refractivity contribution is 5.38. The summed E-state index contributed by atoms with van der Waals surface area (Å²) < 4.78 is 4.61. The molecule has 0 unspecified atom stereocenters. The van der Waals surface area contributed by atoms with Crippen molar-refractivity contribution in [3.63, 3.8) is 0 Å². The lowest BCUT2D eigenvalue weighted by molar-refractivity contribution is -0.129. The highest BCUT2D eigenvalue weighted by Crippen LogP contribution is 2.20. The van der Waals surface area contributed by atoms with Crippen molar-refractivity contribution in [3.8, 4) is 0 Å². The number of rotatable bonds is 5. The fraction of sp³-hybridized carbons (Fsp3) is 0.583. The van der Waals surface area contributed by atoms with E-state index in [1.54, 1.807) is 12.4 Å². The molecule has 1 fully saturated rings. The predicted octanol–water partition coefficient (Wildman–Crippen LogP) is 0.358. The van der Waals surface area contributed by atoms with Crippen LogP contribution in [0.3, 0.4) is 0 Å². The third-order valence-electron chi connectivity index (χ3n) is 3.19. The molecule has 1 aromatic rings. The topological polar surface area (TPSA) is 75.5 Å². The van der Waals surface area contributed by atoms with Crippen molar-refractivity contribution in [2.45, 2.75) is 19.4 Å². The van der Waals surface area contributed by atoms with E-state index >= 15 is 0 Å². The van der Waals surface area contributed by atoms with E-state index in [0.29, 0.717) is 18.1 Å². The molecule has 0 aromatic carbocycles. The lowest BCUT2D eigenvalue weighted by Gasteiger charge is -2.31. The van der Waals surface area contributed by atoms with Crippen LogP contribution in [0.4, 0.5) is 5.82 Å². The van der Waals surface area contributed by atoms with Crippen LogP contribution in [0.2, 0.25) is 0 Å². The van der Waals surface area contributed by atoms with Crippen LogP contribution in [0, 0.1) is 5.92 Å². The maximum absolute atomic E-state index is 10.1. The van der Waals surface area contributed by atoms with Gasteiger partial charge in [-0.15, -0.1) is 0 Å². The van der Waals surface area contributed by atoms with Crippen molar-refractivity contribution in [2.24, 2.45) is 5.92 Å². The third-order valence-corrected chi connectivity index (χ3v) is 3.19. The van der Waals surface area contributed by atoms with E-state index in [1.165, 1.54) is 0 Å². The van der Waals surface area contributed by atoms with Gasteiger partial charge in [-0.05, 0) is 18.8 Å². The molecule has 6 heteroatoms. The van der Waals surface area contributed by atoms with Crippen molar-refractivity contribution in [1.29, 1.82) is 0 Å². The Morgan fingerprint density at radius 3 is 2.72 bits per heavy atom. The van der Waals surface area contributed by atoms with Gasteiger partial charge in [0.2, 0.25) is 0 Å². The second kappa shape index (κ2) is 6.30. The fourth-order valence-corrected chi connectivity index (χ4v) is 2.05. The maximum atomic E-state index is 10.1. The minimum atomic E-state index is 0.156. The summed E-state index contributed by atoms with van der Waals surface area (Å²) in [5.41, 5.74) is 0.635. The molecule has 98 valence electrons. The van der Waals surface area contributed by atoms with E-state index in [-0.39, 0.29) is 13.2 Å². The minimum Gasteiger partial charge on any atom is -0.461 e. The largest absolute Gasteiger partial charge is 0.461 e. The molecule has 1 N–H and O–H groups in total. The molecule has 0 atom stereocenters. The second-order valence-electron chi connectivity index (χ2n) is 4.39. The normalized spacial score (nSPS) is 16.6. The standard InChI is InChI=1S/C12H17N3O3/c16-7-10-1-3-15(4-2-10)12-6-13-11(5-14-12)8-18-9-17/h5-6,9-10,16H,1-4,7-8H2. The minimum absolute atomic E-state index is 0.156. The molecule has 2 heterocycles. The van der Waals surface area contributed by atoms with E-state index in [0.717, 1.165) is 31.7 Å². The van der Waals surface area contributed by atoms with Gasteiger partial charge in [-0.2, -0.15) is 0 Å². The first-order valence-corrected chi connectivity index (χ1v) is 6.05. The Labute approximate surface area is 106 Å². The van der Waals surface area contributed by atoms with Gasteiger partial charge < -0.3 is 14.7 Å².